The summed E-state index contributed by atoms with van der Waals surface area (Å²) in [5.41, 5.74) is 5.34. The Morgan fingerprint density at radius 1 is 1.64 bits per heavy atom. The maximum absolute atomic E-state index is 5.67. The summed E-state index contributed by atoms with van der Waals surface area (Å²) in [6.45, 7) is 0.685. The summed E-state index contributed by atoms with van der Waals surface area (Å²) in [6, 6.07) is 3.76. The molecule has 0 unspecified atom stereocenters. The van der Waals surface area contributed by atoms with Crippen LogP contribution in [0, 0.1) is 0 Å². The summed E-state index contributed by atoms with van der Waals surface area (Å²) < 4.78 is 0. The van der Waals surface area contributed by atoms with Crippen molar-refractivity contribution in [2.45, 2.75) is 4.90 Å². The van der Waals surface area contributed by atoms with E-state index in [1.165, 1.54) is 0 Å². The third kappa shape index (κ3) is 3.10. The van der Waals surface area contributed by atoms with Crippen LogP contribution >= 0.6 is 23.4 Å². The lowest BCUT2D eigenvalue weighted by atomic mass is 10.5. The Bertz CT molecular complexity index is 229. The quantitative estimate of drug-likeness (QED) is 0.581. The largest absolute Gasteiger partial charge is 0.330 e. The van der Waals surface area contributed by atoms with Crippen LogP contribution < -0.4 is 5.73 Å². The van der Waals surface area contributed by atoms with Gasteiger partial charge in [-0.3, -0.25) is 0 Å². The van der Waals surface area contributed by atoms with E-state index in [1.54, 1.807) is 18.0 Å². The minimum Gasteiger partial charge on any atom is -0.330 e. The van der Waals surface area contributed by atoms with Gasteiger partial charge in [-0.15, -0.1) is 11.8 Å². The van der Waals surface area contributed by atoms with Gasteiger partial charge in [-0.25, -0.2) is 4.98 Å². The van der Waals surface area contributed by atoms with Crippen molar-refractivity contribution < 1.29 is 0 Å². The molecule has 2 nitrogen and oxygen atoms in total. The Kier molecular flexibility index (Phi) is 3.69. The fourth-order valence-electron chi connectivity index (χ4n) is 0.651. The van der Waals surface area contributed by atoms with Gasteiger partial charge >= 0.3 is 0 Å². The molecule has 1 rings (SSSR count). The lowest BCUT2D eigenvalue weighted by molar-refractivity contribution is 1.15. The van der Waals surface area contributed by atoms with Gasteiger partial charge in [-0.05, 0) is 12.1 Å². The Morgan fingerprint density at radius 2 is 2.45 bits per heavy atom. The van der Waals surface area contributed by atoms with Gasteiger partial charge in [0.25, 0.3) is 0 Å². The first-order valence-electron chi connectivity index (χ1n) is 3.27. The molecule has 0 aliphatic carbocycles. The second kappa shape index (κ2) is 4.59. The van der Waals surface area contributed by atoms with Crippen LogP contribution in [0.15, 0.2) is 23.2 Å². The lowest BCUT2D eigenvalue weighted by Gasteiger charge is -1.97. The first-order chi connectivity index (χ1) is 5.33. The highest BCUT2D eigenvalue weighted by Crippen LogP contribution is 2.18. The first-order valence-corrected chi connectivity index (χ1v) is 4.63. The monoisotopic (exact) mass is 188 g/mol. The van der Waals surface area contributed by atoms with Crippen LogP contribution in [0.25, 0.3) is 0 Å². The molecular weight excluding hydrogens is 180 g/mol. The van der Waals surface area contributed by atoms with E-state index in [0.29, 0.717) is 11.7 Å². The van der Waals surface area contributed by atoms with Crippen molar-refractivity contribution in [2.24, 2.45) is 5.73 Å². The molecule has 1 aromatic rings. The molecule has 0 amide bonds. The molecule has 0 atom stereocenters. The third-order valence-electron chi connectivity index (χ3n) is 1.08. The number of hydrogen-bond donors (Lipinski definition) is 1. The van der Waals surface area contributed by atoms with Gasteiger partial charge in [0.1, 0.15) is 5.15 Å². The summed E-state index contributed by atoms with van der Waals surface area (Å²) in [5, 5.41) is 0.534. The van der Waals surface area contributed by atoms with E-state index < -0.39 is 0 Å². The van der Waals surface area contributed by atoms with Gasteiger partial charge in [0.2, 0.25) is 0 Å². The van der Waals surface area contributed by atoms with E-state index >= 15 is 0 Å². The van der Waals surface area contributed by atoms with Crippen molar-refractivity contribution in [2.75, 3.05) is 12.3 Å². The van der Waals surface area contributed by atoms with Crippen molar-refractivity contribution in [3.05, 3.63) is 23.5 Å². The van der Waals surface area contributed by atoms with Crippen LogP contribution in [-0.4, -0.2) is 17.3 Å². The van der Waals surface area contributed by atoms with Gasteiger partial charge in [-0.1, -0.05) is 11.6 Å². The number of nitrogens with zero attached hydrogens (tertiary/aromatic N) is 1. The number of halogens is 1. The maximum Gasteiger partial charge on any atom is 0.130 e. The highest BCUT2D eigenvalue weighted by molar-refractivity contribution is 7.99. The lowest BCUT2D eigenvalue weighted by Crippen LogP contribution is -2.00. The van der Waals surface area contributed by atoms with E-state index in [-0.39, 0.29) is 0 Å². The molecule has 11 heavy (non-hydrogen) atoms. The van der Waals surface area contributed by atoms with Gasteiger partial charge in [0.05, 0.1) is 0 Å². The van der Waals surface area contributed by atoms with Crippen molar-refractivity contribution in [3.8, 4) is 0 Å². The van der Waals surface area contributed by atoms with Crippen molar-refractivity contribution in [3.63, 3.8) is 0 Å². The highest BCUT2D eigenvalue weighted by Gasteiger charge is 1.93. The minimum atomic E-state index is 0.534. The summed E-state index contributed by atoms with van der Waals surface area (Å²) >= 11 is 7.35. The van der Waals surface area contributed by atoms with Crippen LogP contribution in [0.5, 0.6) is 0 Å². The predicted molar refractivity (Wildman–Crippen MR) is 49.0 cm³/mol. The van der Waals surface area contributed by atoms with Crippen LogP contribution in [0.1, 0.15) is 0 Å². The standard InChI is InChI=1S/C7H9ClN2S/c8-7-5-6(1-3-10-7)11-4-2-9/h1,3,5H,2,4,9H2. The molecule has 0 saturated carbocycles. The molecule has 60 valence electrons. The van der Waals surface area contributed by atoms with Crippen LogP contribution in [0.3, 0.4) is 0 Å². The first kappa shape index (κ1) is 8.84. The average Bonchev–Trinajstić information content (AvgIpc) is 2.01. The molecule has 0 aliphatic heterocycles. The van der Waals surface area contributed by atoms with Crippen LogP contribution in [0.4, 0.5) is 0 Å². The Hall–Kier alpha value is -0.250. The van der Waals surface area contributed by atoms with Crippen molar-refractivity contribution in [1.82, 2.24) is 4.98 Å². The SMILES string of the molecule is NCCSc1ccnc(Cl)c1. The maximum atomic E-state index is 5.67. The number of thioether (sulfide) groups is 1. The Labute approximate surface area is 75.1 Å². The zero-order valence-corrected chi connectivity index (χ0v) is 7.53. The van der Waals surface area contributed by atoms with Gasteiger partial charge in [-0.2, -0.15) is 0 Å². The topological polar surface area (TPSA) is 38.9 Å². The summed E-state index contributed by atoms with van der Waals surface area (Å²) in [5.74, 6) is 0.917. The smallest absolute Gasteiger partial charge is 0.130 e. The molecule has 0 fully saturated rings. The molecule has 0 aromatic carbocycles. The summed E-state index contributed by atoms with van der Waals surface area (Å²) in [4.78, 5) is 4.99. The van der Waals surface area contributed by atoms with Crippen LogP contribution in [0.2, 0.25) is 5.15 Å². The highest BCUT2D eigenvalue weighted by atomic mass is 35.5. The minimum absolute atomic E-state index is 0.534. The molecule has 0 bridgehead atoms. The van der Waals surface area contributed by atoms with E-state index in [0.717, 1.165) is 10.6 Å². The predicted octanol–water partition coefficient (Wildman–Crippen LogP) is 1.79. The molecule has 0 spiro atoms. The number of rotatable bonds is 3. The van der Waals surface area contributed by atoms with Crippen molar-refractivity contribution in [1.29, 1.82) is 0 Å². The van der Waals surface area contributed by atoms with Gasteiger partial charge < -0.3 is 5.73 Å². The molecule has 0 aliphatic rings. The number of aromatic nitrogens is 1. The Morgan fingerprint density at radius 3 is 3.09 bits per heavy atom. The normalized spacial score (nSPS) is 10.0. The van der Waals surface area contributed by atoms with E-state index in [1.807, 2.05) is 12.1 Å². The fourth-order valence-corrected chi connectivity index (χ4v) is 1.60. The molecule has 1 heterocycles. The molecule has 1 aromatic heterocycles. The molecule has 0 radical (unpaired) electrons. The zero-order valence-electron chi connectivity index (χ0n) is 5.96. The molecular formula is C7H9ClN2S. The Balaban J connectivity index is 2.56. The van der Waals surface area contributed by atoms with E-state index in [4.69, 9.17) is 17.3 Å². The fraction of sp³-hybridized carbons (Fsp3) is 0.286. The summed E-state index contributed by atoms with van der Waals surface area (Å²) in [6.07, 6.45) is 1.70. The van der Waals surface area contributed by atoms with Gasteiger partial charge in [0, 0.05) is 23.4 Å². The van der Waals surface area contributed by atoms with Crippen LogP contribution in [-0.2, 0) is 0 Å². The van der Waals surface area contributed by atoms with Crippen molar-refractivity contribution >= 4 is 23.4 Å². The number of pyridine rings is 1. The molecule has 2 N–H and O–H groups in total. The third-order valence-corrected chi connectivity index (χ3v) is 2.32. The average molecular weight is 189 g/mol. The molecule has 0 saturated heterocycles. The van der Waals surface area contributed by atoms with E-state index in [2.05, 4.69) is 4.98 Å². The summed E-state index contributed by atoms with van der Waals surface area (Å²) in [7, 11) is 0. The molecule has 4 heteroatoms. The second-order valence-corrected chi connectivity index (χ2v) is 3.51. The number of hydrogen-bond acceptors (Lipinski definition) is 3. The zero-order chi connectivity index (χ0) is 8.10. The number of nitrogens with two attached hydrogens (primary N) is 1. The van der Waals surface area contributed by atoms with Gasteiger partial charge in [0.15, 0.2) is 0 Å². The second-order valence-electron chi connectivity index (χ2n) is 1.95. The van der Waals surface area contributed by atoms with E-state index in [9.17, 15) is 0 Å².